The maximum atomic E-state index is 13.3. The van der Waals surface area contributed by atoms with Crippen LogP contribution in [0.25, 0.3) is 0 Å². The van der Waals surface area contributed by atoms with Gasteiger partial charge in [0.1, 0.15) is 5.82 Å². The lowest BCUT2D eigenvalue weighted by Crippen LogP contribution is -2.36. The molecule has 1 aromatic heterocycles. The summed E-state index contributed by atoms with van der Waals surface area (Å²) < 4.78 is 18.4. The molecule has 1 heterocycles. The first-order chi connectivity index (χ1) is 14.8. The SMILES string of the molecule is CC(C)N(Cc1cc(NC(=O)c2ccco2)ccc1N(C)C)C(=O)c1ccc(F)cc1. The van der Waals surface area contributed by atoms with Crippen LogP contribution in [0.15, 0.2) is 65.3 Å². The number of amides is 2. The lowest BCUT2D eigenvalue weighted by atomic mass is 10.1. The molecule has 1 N–H and O–H groups in total. The molecule has 7 heteroatoms. The highest BCUT2D eigenvalue weighted by Crippen LogP contribution is 2.26. The van der Waals surface area contributed by atoms with E-state index < -0.39 is 0 Å². The van der Waals surface area contributed by atoms with Gasteiger partial charge < -0.3 is 19.5 Å². The van der Waals surface area contributed by atoms with Gasteiger partial charge in [0.2, 0.25) is 0 Å². The Bertz CT molecular complexity index is 1040. The molecule has 3 aromatic rings. The van der Waals surface area contributed by atoms with Crippen LogP contribution < -0.4 is 10.2 Å². The number of benzene rings is 2. The Labute approximate surface area is 181 Å². The first-order valence-electron chi connectivity index (χ1n) is 9.98. The minimum Gasteiger partial charge on any atom is -0.459 e. The molecular weight excluding hydrogens is 397 g/mol. The van der Waals surface area contributed by atoms with Crippen LogP contribution in [-0.4, -0.2) is 36.9 Å². The zero-order valence-electron chi connectivity index (χ0n) is 18.1. The fourth-order valence-electron chi connectivity index (χ4n) is 3.26. The highest BCUT2D eigenvalue weighted by atomic mass is 19.1. The van der Waals surface area contributed by atoms with Crippen molar-refractivity contribution in [3.05, 3.63) is 83.6 Å². The molecule has 31 heavy (non-hydrogen) atoms. The summed E-state index contributed by atoms with van der Waals surface area (Å²) in [5.74, 6) is -0.711. The van der Waals surface area contributed by atoms with E-state index in [1.54, 1.807) is 23.1 Å². The first-order valence-corrected chi connectivity index (χ1v) is 9.98. The number of carbonyl (C=O) groups excluding carboxylic acids is 2. The van der Waals surface area contributed by atoms with Gasteiger partial charge >= 0.3 is 0 Å². The van der Waals surface area contributed by atoms with Gasteiger partial charge in [-0.05, 0) is 74.0 Å². The van der Waals surface area contributed by atoms with E-state index >= 15 is 0 Å². The number of hydrogen-bond acceptors (Lipinski definition) is 4. The van der Waals surface area contributed by atoms with Gasteiger partial charge in [0.15, 0.2) is 5.76 Å². The Morgan fingerprint density at radius 2 is 1.77 bits per heavy atom. The molecule has 0 bridgehead atoms. The zero-order valence-corrected chi connectivity index (χ0v) is 18.1. The second-order valence-electron chi connectivity index (χ2n) is 7.70. The molecule has 0 aliphatic rings. The number of carbonyl (C=O) groups is 2. The highest BCUT2D eigenvalue weighted by Gasteiger charge is 2.21. The molecule has 0 radical (unpaired) electrons. The summed E-state index contributed by atoms with van der Waals surface area (Å²) in [6, 6.07) is 14.2. The van der Waals surface area contributed by atoms with Crippen molar-refractivity contribution in [1.29, 1.82) is 0 Å². The molecule has 0 saturated carbocycles. The second kappa shape index (κ2) is 9.47. The van der Waals surface area contributed by atoms with Crippen molar-refractivity contribution in [2.75, 3.05) is 24.3 Å². The minimum absolute atomic E-state index is 0.0890. The Balaban J connectivity index is 1.89. The van der Waals surface area contributed by atoms with Crippen molar-refractivity contribution in [1.82, 2.24) is 4.90 Å². The predicted molar refractivity (Wildman–Crippen MR) is 119 cm³/mol. The third kappa shape index (κ3) is 5.31. The van der Waals surface area contributed by atoms with E-state index in [9.17, 15) is 14.0 Å². The molecule has 0 aliphatic carbocycles. The normalized spacial score (nSPS) is 10.8. The quantitative estimate of drug-likeness (QED) is 0.594. The van der Waals surface area contributed by atoms with Crippen molar-refractivity contribution >= 4 is 23.2 Å². The summed E-state index contributed by atoms with van der Waals surface area (Å²) in [4.78, 5) is 29.1. The molecule has 162 valence electrons. The van der Waals surface area contributed by atoms with Crippen LogP contribution in [0.2, 0.25) is 0 Å². The second-order valence-corrected chi connectivity index (χ2v) is 7.70. The smallest absolute Gasteiger partial charge is 0.291 e. The summed E-state index contributed by atoms with van der Waals surface area (Å²) in [5, 5.41) is 2.82. The van der Waals surface area contributed by atoms with Crippen LogP contribution in [0.1, 0.15) is 40.3 Å². The van der Waals surface area contributed by atoms with E-state index in [1.165, 1.54) is 30.5 Å². The number of nitrogens with zero attached hydrogens (tertiary/aromatic N) is 2. The Kier molecular flexibility index (Phi) is 6.74. The molecule has 0 spiro atoms. The number of hydrogen-bond donors (Lipinski definition) is 1. The van der Waals surface area contributed by atoms with E-state index in [0.717, 1.165) is 11.3 Å². The largest absolute Gasteiger partial charge is 0.459 e. The molecule has 0 saturated heterocycles. The van der Waals surface area contributed by atoms with Gasteiger partial charge in [-0.15, -0.1) is 0 Å². The first kappa shape index (κ1) is 22.1. The molecule has 0 atom stereocenters. The summed E-state index contributed by atoms with van der Waals surface area (Å²) in [5.41, 5.74) is 2.81. The average molecular weight is 423 g/mol. The standard InChI is InChI=1S/C24H26FN3O3/c1-16(2)28(24(30)17-7-9-19(25)10-8-17)15-18-14-20(11-12-21(18)27(3)4)26-23(29)22-6-5-13-31-22/h5-14,16H,15H2,1-4H3,(H,26,29). The van der Waals surface area contributed by atoms with Gasteiger partial charge in [-0.3, -0.25) is 9.59 Å². The maximum Gasteiger partial charge on any atom is 0.291 e. The van der Waals surface area contributed by atoms with Crippen molar-refractivity contribution in [2.24, 2.45) is 0 Å². The van der Waals surface area contributed by atoms with Gasteiger partial charge in [-0.25, -0.2) is 4.39 Å². The van der Waals surface area contributed by atoms with Gasteiger partial charge in [-0.1, -0.05) is 0 Å². The maximum absolute atomic E-state index is 13.3. The number of anilines is 2. The van der Waals surface area contributed by atoms with E-state index in [1.807, 2.05) is 45.0 Å². The highest BCUT2D eigenvalue weighted by molar-refractivity contribution is 6.02. The molecule has 6 nitrogen and oxygen atoms in total. The van der Waals surface area contributed by atoms with Crippen molar-refractivity contribution in [3.63, 3.8) is 0 Å². The molecule has 2 amide bonds. The molecule has 3 rings (SSSR count). The Hall–Kier alpha value is -3.61. The van der Waals surface area contributed by atoms with Crippen molar-refractivity contribution in [2.45, 2.75) is 26.4 Å². The molecular formula is C24H26FN3O3. The summed E-state index contributed by atoms with van der Waals surface area (Å²) in [6.45, 7) is 4.18. The fourth-order valence-corrected chi connectivity index (χ4v) is 3.26. The van der Waals surface area contributed by atoms with Crippen LogP contribution in [-0.2, 0) is 6.54 Å². The topological polar surface area (TPSA) is 65.8 Å². The van der Waals surface area contributed by atoms with E-state index in [0.29, 0.717) is 17.8 Å². The molecule has 0 fully saturated rings. The fraction of sp³-hybridized carbons (Fsp3) is 0.250. The van der Waals surface area contributed by atoms with Crippen LogP contribution in [0.4, 0.5) is 15.8 Å². The zero-order chi connectivity index (χ0) is 22.5. The minimum atomic E-state index is -0.387. The summed E-state index contributed by atoms with van der Waals surface area (Å²) in [6.07, 6.45) is 1.44. The summed E-state index contributed by atoms with van der Waals surface area (Å²) >= 11 is 0. The van der Waals surface area contributed by atoms with E-state index in [4.69, 9.17) is 4.42 Å². The number of furan rings is 1. The van der Waals surface area contributed by atoms with E-state index in [-0.39, 0.29) is 29.4 Å². The number of halogens is 1. The van der Waals surface area contributed by atoms with Gasteiger partial charge in [0, 0.05) is 43.6 Å². The predicted octanol–water partition coefficient (Wildman–Crippen LogP) is 4.79. The van der Waals surface area contributed by atoms with Crippen LogP contribution in [0.5, 0.6) is 0 Å². The Morgan fingerprint density at radius 1 is 1.06 bits per heavy atom. The molecule has 2 aromatic carbocycles. The van der Waals surface area contributed by atoms with Crippen LogP contribution >= 0.6 is 0 Å². The van der Waals surface area contributed by atoms with Crippen LogP contribution in [0.3, 0.4) is 0 Å². The van der Waals surface area contributed by atoms with E-state index in [2.05, 4.69) is 5.32 Å². The Morgan fingerprint density at radius 3 is 2.35 bits per heavy atom. The number of nitrogens with one attached hydrogen (secondary N) is 1. The number of rotatable bonds is 7. The third-order valence-corrected chi connectivity index (χ3v) is 4.88. The molecule has 0 aliphatic heterocycles. The lowest BCUT2D eigenvalue weighted by molar-refractivity contribution is 0.0690. The summed E-state index contributed by atoms with van der Waals surface area (Å²) in [7, 11) is 3.84. The third-order valence-electron chi connectivity index (χ3n) is 4.88. The van der Waals surface area contributed by atoms with Gasteiger partial charge in [-0.2, -0.15) is 0 Å². The average Bonchev–Trinajstić information content (AvgIpc) is 3.27. The monoisotopic (exact) mass is 423 g/mol. The molecule has 0 unspecified atom stereocenters. The van der Waals surface area contributed by atoms with Gasteiger partial charge in [0.05, 0.1) is 6.26 Å². The van der Waals surface area contributed by atoms with Crippen molar-refractivity contribution < 1.29 is 18.4 Å². The lowest BCUT2D eigenvalue weighted by Gasteiger charge is -2.29. The van der Waals surface area contributed by atoms with Gasteiger partial charge in [0.25, 0.3) is 11.8 Å². The van der Waals surface area contributed by atoms with Crippen LogP contribution in [0, 0.1) is 5.82 Å². The van der Waals surface area contributed by atoms with Crippen molar-refractivity contribution in [3.8, 4) is 0 Å².